The number of aromatic nitrogens is 1. The van der Waals surface area contributed by atoms with Gasteiger partial charge in [-0.3, -0.25) is 0 Å². The van der Waals surface area contributed by atoms with Crippen LogP contribution in [-0.2, 0) is 39.1 Å². The molecule has 1 aromatic carbocycles. The molecule has 0 atom stereocenters. The van der Waals surface area contributed by atoms with E-state index in [4.69, 9.17) is 21.1 Å². The van der Waals surface area contributed by atoms with Crippen molar-refractivity contribution < 1.29 is 17.9 Å². The molecule has 3 rings (SSSR count). The van der Waals surface area contributed by atoms with E-state index in [9.17, 15) is 8.42 Å². The van der Waals surface area contributed by atoms with Crippen molar-refractivity contribution in [2.24, 2.45) is 0 Å². The lowest BCUT2D eigenvalue weighted by molar-refractivity contribution is -0.0169. The predicted octanol–water partition coefficient (Wildman–Crippen LogP) is 4.12. The molecule has 0 unspecified atom stereocenters. The zero-order valence-corrected chi connectivity index (χ0v) is 16.3. The number of halogens is 1. The number of unbranched alkanes of at least 4 members (excludes halogenated alkanes) is 1. The van der Waals surface area contributed by atoms with Crippen molar-refractivity contribution in [1.82, 2.24) is 4.98 Å². The van der Waals surface area contributed by atoms with Crippen LogP contribution in [0.15, 0.2) is 17.5 Å². The summed E-state index contributed by atoms with van der Waals surface area (Å²) < 4.78 is 36.0. The van der Waals surface area contributed by atoms with Gasteiger partial charge >= 0.3 is 0 Å². The predicted molar refractivity (Wildman–Crippen MR) is 98.8 cm³/mol. The van der Waals surface area contributed by atoms with Crippen molar-refractivity contribution in [2.45, 2.75) is 44.3 Å². The van der Waals surface area contributed by atoms with E-state index in [1.807, 2.05) is 5.38 Å². The van der Waals surface area contributed by atoms with Gasteiger partial charge in [0.25, 0.3) is 0 Å². The monoisotopic (exact) mass is 401 g/mol. The topological polar surface area (TPSA) is 65.5 Å². The normalized spacial score (nSPS) is 14.2. The van der Waals surface area contributed by atoms with Crippen molar-refractivity contribution in [3.63, 3.8) is 0 Å². The number of hydrogen-bond acceptors (Lipinski definition) is 6. The van der Waals surface area contributed by atoms with E-state index >= 15 is 0 Å². The molecule has 0 aliphatic carbocycles. The quantitative estimate of drug-likeness (QED) is 0.698. The first kappa shape index (κ1) is 18.6. The molecule has 0 bridgehead atoms. The van der Waals surface area contributed by atoms with E-state index in [0.717, 1.165) is 29.8 Å². The molecule has 0 saturated carbocycles. The molecule has 0 N–H and O–H groups in total. The van der Waals surface area contributed by atoms with Crippen LogP contribution in [0.25, 0.3) is 0 Å². The van der Waals surface area contributed by atoms with E-state index in [-0.39, 0.29) is 18.3 Å². The molecule has 0 fully saturated rings. The van der Waals surface area contributed by atoms with Gasteiger partial charge in [-0.25, -0.2) is 13.4 Å². The Morgan fingerprint density at radius 2 is 2.16 bits per heavy atom. The number of fused-ring (bicyclic) bond motifs is 1. The van der Waals surface area contributed by atoms with E-state index in [1.165, 1.54) is 11.3 Å². The van der Waals surface area contributed by atoms with Gasteiger partial charge in [0.2, 0.25) is 0 Å². The summed E-state index contributed by atoms with van der Waals surface area (Å²) in [6.07, 6.45) is 3.06. The number of ether oxygens (including phenoxy) is 2. The molecule has 0 spiro atoms. The minimum Gasteiger partial charge on any atom is -0.467 e. The second-order valence-electron chi connectivity index (χ2n) is 6.03. The van der Waals surface area contributed by atoms with Crippen LogP contribution < -0.4 is 4.74 Å². The van der Waals surface area contributed by atoms with E-state index < -0.39 is 9.84 Å². The molecule has 2 aromatic rings. The number of rotatable bonds is 7. The molecule has 0 saturated heterocycles. The average molecular weight is 402 g/mol. The van der Waals surface area contributed by atoms with Crippen LogP contribution in [0.5, 0.6) is 5.75 Å². The highest BCUT2D eigenvalue weighted by Gasteiger charge is 2.22. The Balaban J connectivity index is 1.75. The Bertz CT molecular complexity index is 848. The molecule has 2 heterocycles. The summed E-state index contributed by atoms with van der Waals surface area (Å²) >= 11 is 7.63. The van der Waals surface area contributed by atoms with Gasteiger partial charge in [-0.2, -0.15) is 0 Å². The lowest BCUT2D eigenvalue weighted by atomic mass is 10.1. The number of aryl methyl sites for hydroxylation is 1. The summed E-state index contributed by atoms with van der Waals surface area (Å²) in [6, 6.07) is 3.39. The zero-order chi connectivity index (χ0) is 17.9. The molecule has 1 aromatic heterocycles. The molecule has 1 aliphatic rings. The van der Waals surface area contributed by atoms with Gasteiger partial charge in [0.05, 0.1) is 28.8 Å². The van der Waals surface area contributed by atoms with E-state index in [2.05, 4.69) is 11.9 Å². The second-order valence-corrected chi connectivity index (χ2v) is 9.48. The Kier molecular flexibility index (Phi) is 5.99. The third-order valence-electron chi connectivity index (χ3n) is 3.84. The van der Waals surface area contributed by atoms with Crippen LogP contribution in [0, 0.1) is 0 Å². The number of nitrogens with zero attached hydrogens (tertiary/aromatic N) is 1. The number of sulfone groups is 1. The average Bonchev–Trinajstić information content (AvgIpc) is 2.99. The standard InChI is InChI=1S/C17H20ClNO4S2/c1-2-3-4-16-19-15(8-24-16)10-25(20,21)9-13-6-14(18)5-12-7-22-11-23-17(12)13/h5-6,8H,2-4,7,9-11H2,1H3. The highest BCUT2D eigenvalue weighted by atomic mass is 35.5. The van der Waals surface area contributed by atoms with Crippen LogP contribution in [0.3, 0.4) is 0 Å². The van der Waals surface area contributed by atoms with Crippen LogP contribution >= 0.6 is 22.9 Å². The lowest BCUT2D eigenvalue weighted by Crippen LogP contribution is -2.15. The molecule has 8 heteroatoms. The maximum absolute atomic E-state index is 12.6. The molecular weight excluding hydrogens is 382 g/mol. The van der Waals surface area contributed by atoms with E-state index in [0.29, 0.717) is 28.6 Å². The number of thiazole rings is 1. The summed E-state index contributed by atoms with van der Waals surface area (Å²) in [7, 11) is -3.38. The molecule has 5 nitrogen and oxygen atoms in total. The summed E-state index contributed by atoms with van der Waals surface area (Å²) in [5, 5.41) is 3.31. The van der Waals surface area contributed by atoms with Gasteiger partial charge in [0.1, 0.15) is 5.75 Å². The van der Waals surface area contributed by atoms with Crippen LogP contribution in [-0.4, -0.2) is 20.2 Å². The van der Waals surface area contributed by atoms with Gasteiger partial charge in [-0.1, -0.05) is 24.9 Å². The van der Waals surface area contributed by atoms with Crippen molar-refractivity contribution in [2.75, 3.05) is 6.79 Å². The minimum atomic E-state index is -3.38. The van der Waals surface area contributed by atoms with Crippen molar-refractivity contribution in [1.29, 1.82) is 0 Å². The maximum Gasteiger partial charge on any atom is 0.189 e. The first-order chi connectivity index (χ1) is 12.0. The number of benzene rings is 1. The van der Waals surface area contributed by atoms with Crippen molar-refractivity contribution >= 4 is 32.8 Å². The maximum atomic E-state index is 12.6. The smallest absolute Gasteiger partial charge is 0.189 e. The SMILES string of the molecule is CCCCc1nc(CS(=O)(=O)Cc2cc(Cl)cc3c2OCOC3)cs1. The van der Waals surface area contributed by atoms with Crippen molar-refractivity contribution in [3.05, 3.63) is 44.4 Å². The Labute approximate surface area is 156 Å². The Morgan fingerprint density at radius 3 is 2.96 bits per heavy atom. The summed E-state index contributed by atoms with van der Waals surface area (Å²) in [4.78, 5) is 4.44. The van der Waals surface area contributed by atoms with Gasteiger partial charge in [-0.05, 0) is 25.0 Å². The van der Waals surface area contributed by atoms with E-state index in [1.54, 1.807) is 12.1 Å². The van der Waals surface area contributed by atoms with Crippen LogP contribution in [0.4, 0.5) is 0 Å². The lowest BCUT2D eigenvalue weighted by Gasteiger charge is -2.21. The van der Waals surface area contributed by atoms with Crippen molar-refractivity contribution in [3.8, 4) is 5.75 Å². The third-order valence-corrected chi connectivity index (χ3v) is 6.50. The fourth-order valence-corrected chi connectivity index (χ4v) is 5.33. The summed E-state index contributed by atoms with van der Waals surface area (Å²) in [5.41, 5.74) is 1.96. The molecule has 1 aliphatic heterocycles. The van der Waals surface area contributed by atoms with Crippen LogP contribution in [0.2, 0.25) is 5.02 Å². The molecular formula is C17H20ClNO4S2. The summed E-state index contributed by atoms with van der Waals surface area (Å²) in [5.74, 6) is 0.367. The minimum absolute atomic E-state index is 0.0760. The highest BCUT2D eigenvalue weighted by molar-refractivity contribution is 7.89. The third kappa shape index (κ3) is 4.94. The zero-order valence-electron chi connectivity index (χ0n) is 14.0. The molecule has 0 amide bonds. The number of hydrogen-bond donors (Lipinski definition) is 0. The molecule has 0 radical (unpaired) electrons. The highest BCUT2D eigenvalue weighted by Crippen LogP contribution is 2.33. The first-order valence-corrected chi connectivity index (χ1v) is 11.2. The Hall–Kier alpha value is -1.15. The van der Waals surface area contributed by atoms with Gasteiger partial charge in [0, 0.05) is 21.5 Å². The van der Waals surface area contributed by atoms with Gasteiger partial charge in [-0.15, -0.1) is 11.3 Å². The molecule has 136 valence electrons. The van der Waals surface area contributed by atoms with Gasteiger partial charge in [0.15, 0.2) is 16.6 Å². The fraction of sp³-hybridized carbons (Fsp3) is 0.471. The first-order valence-electron chi connectivity index (χ1n) is 8.12. The summed E-state index contributed by atoms with van der Waals surface area (Å²) in [6.45, 7) is 2.61. The second kappa shape index (κ2) is 8.03. The fourth-order valence-electron chi connectivity index (χ4n) is 2.74. The van der Waals surface area contributed by atoms with Crippen LogP contribution in [0.1, 0.15) is 41.6 Å². The van der Waals surface area contributed by atoms with Gasteiger partial charge < -0.3 is 9.47 Å². The molecule has 25 heavy (non-hydrogen) atoms. The largest absolute Gasteiger partial charge is 0.467 e. The Morgan fingerprint density at radius 1 is 1.32 bits per heavy atom.